The van der Waals surface area contributed by atoms with Gasteiger partial charge in [-0.15, -0.1) is 0 Å². The van der Waals surface area contributed by atoms with Crippen molar-refractivity contribution in [2.24, 2.45) is 5.92 Å². The summed E-state index contributed by atoms with van der Waals surface area (Å²) in [5.41, 5.74) is 0.0107. The highest BCUT2D eigenvalue weighted by Crippen LogP contribution is 2.21. The molecule has 1 atom stereocenters. The molecule has 26 heavy (non-hydrogen) atoms. The molecule has 1 aliphatic heterocycles. The van der Waals surface area contributed by atoms with Crippen molar-refractivity contribution in [2.45, 2.75) is 39.2 Å². The second-order valence-electron chi connectivity index (χ2n) is 6.79. The lowest BCUT2D eigenvalue weighted by atomic mass is 9.90. The number of esters is 1. The van der Waals surface area contributed by atoms with E-state index in [4.69, 9.17) is 4.74 Å². The van der Waals surface area contributed by atoms with Crippen molar-refractivity contribution in [1.82, 2.24) is 5.32 Å². The summed E-state index contributed by atoms with van der Waals surface area (Å²) in [5, 5.41) is 11.8. The first-order chi connectivity index (χ1) is 12.3. The smallest absolute Gasteiger partial charge is 0.338 e. The molecule has 1 N–H and O–H groups in total. The molecule has 1 fully saturated rings. The molecular formula is C19H23N3O4. The maximum atomic E-state index is 12.1. The first-order valence-electron chi connectivity index (χ1n) is 8.56. The van der Waals surface area contributed by atoms with Gasteiger partial charge in [-0.05, 0) is 43.5 Å². The van der Waals surface area contributed by atoms with Gasteiger partial charge in [0.15, 0.2) is 6.61 Å². The van der Waals surface area contributed by atoms with Crippen LogP contribution in [0.3, 0.4) is 0 Å². The van der Waals surface area contributed by atoms with E-state index in [0.717, 1.165) is 12.1 Å². The van der Waals surface area contributed by atoms with Gasteiger partial charge in [0, 0.05) is 18.7 Å². The van der Waals surface area contributed by atoms with Crippen molar-refractivity contribution < 1.29 is 19.1 Å². The van der Waals surface area contributed by atoms with E-state index in [2.05, 4.69) is 11.4 Å². The van der Waals surface area contributed by atoms with E-state index in [1.807, 2.05) is 13.8 Å². The molecule has 0 saturated carbocycles. The van der Waals surface area contributed by atoms with Gasteiger partial charge in [-0.2, -0.15) is 5.26 Å². The molecule has 7 nitrogen and oxygen atoms in total. The zero-order chi connectivity index (χ0) is 19.3. The largest absolute Gasteiger partial charge is 0.452 e. The summed E-state index contributed by atoms with van der Waals surface area (Å²) < 4.78 is 5.01. The second kappa shape index (κ2) is 8.00. The van der Waals surface area contributed by atoms with Gasteiger partial charge in [0.25, 0.3) is 5.91 Å². The van der Waals surface area contributed by atoms with Crippen LogP contribution in [-0.4, -0.2) is 36.5 Å². The van der Waals surface area contributed by atoms with Gasteiger partial charge in [0.2, 0.25) is 5.91 Å². The summed E-state index contributed by atoms with van der Waals surface area (Å²) in [6, 6.07) is 8.56. The summed E-state index contributed by atoms with van der Waals surface area (Å²) in [7, 11) is 0. The highest BCUT2D eigenvalue weighted by Gasteiger charge is 2.30. The van der Waals surface area contributed by atoms with E-state index in [0.29, 0.717) is 18.5 Å². The lowest BCUT2D eigenvalue weighted by molar-refractivity contribution is -0.125. The zero-order valence-electron chi connectivity index (χ0n) is 15.2. The maximum Gasteiger partial charge on any atom is 0.338 e. The predicted molar refractivity (Wildman–Crippen MR) is 95.3 cm³/mol. The number of rotatable bonds is 6. The number of carbonyl (C=O) groups is 3. The molecule has 2 amide bonds. The Balaban J connectivity index is 1.91. The Morgan fingerprint density at radius 1 is 1.35 bits per heavy atom. The summed E-state index contributed by atoms with van der Waals surface area (Å²) in [5.74, 6) is -1.19. The number of ether oxygens (including phenoxy) is 1. The SMILES string of the molecule is CC(C)[C@](C)(C#N)NC(=O)COC(=O)c1ccc(N2CCCC2=O)cc1. The first kappa shape index (κ1) is 19.4. The number of nitrogens with one attached hydrogen (secondary N) is 1. The van der Waals surface area contributed by atoms with Crippen molar-refractivity contribution in [3.05, 3.63) is 29.8 Å². The Bertz CT molecular complexity index is 736. The quantitative estimate of drug-likeness (QED) is 0.785. The molecule has 0 aliphatic carbocycles. The first-order valence-corrected chi connectivity index (χ1v) is 8.56. The van der Waals surface area contributed by atoms with Crippen molar-refractivity contribution >= 4 is 23.5 Å². The van der Waals surface area contributed by atoms with Crippen molar-refractivity contribution in [2.75, 3.05) is 18.1 Å². The maximum absolute atomic E-state index is 12.1. The van der Waals surface area contributed by atoms with E-state index in [1.54, 1.807) is 36.1 Å². The molecule has 0 radical (unpaired) electrons. The Labute approximate surface area is 152 Å². The van der Waals surface area contributed by atoms with Crippen LogP contribution in [0.4, 0.5) is 5.69 Å². The summed E-state index contributed by atoms with van der Waals surface area (Å²) in [4.78, 5) is 37.4. The molecular weight excluding hydrogens is 334 g/mol. The summed E-state index contributed by atoms with van der Waals surface area (Å²) >= 11 is 0. The number of amides is 2. The summed E-state index contributed by atoms with van der Waals surface area (Å²) in [6.07, 6.45) is 1.37. The minimum atomic E-state index is -1.02. The summed E-state index contributed by atoms with van der Waals surface area (Å²) in [6.45, 7) is 5.48. The molecule has 0 bridgehead atoms. The van der Waals surface area contributed by atoms with Gasteiger partial charge in [-0.3, -0.25) is 9.59 Å². The third kappa shape index (κ3) is 4.39. The van der Waals surface area contributed by atoms with Crippen molar-refractivity contribution in [3.63, 3.8) is 0 Å². The monoisotopic (exact) mass is 357 g/mol. The fourth-order valence-corrected chi connectivity index (χ4v) is 2.54. The van der Waals surface area contributed by atoms with Crippen LogP contribution in [-0.2, 0) is 14.3 Å². The van der Waals surface area contributed by atoms with Gasteiger partial charge < -0.3 is 15.0 Å². The average molecular weight is 357 g/mol. The molecule has 1 heterocycles. The number of nitrogens with zero attached hydrogens (tertiary/aromatic N) is 2. The lowest BCUT2D eigenvalue weighted by Gasteiger charge is -2.27. The number of hydrogen-bond donors (Lipinski definition) is 1. The molecule has 138 valence electrons. The van der Waals surface area contributed by atoms with Crippen LogP contribution in [0, 0.1) is 17.2 Å². The predicted octanol–water partition coefficient (Wildman–Crippen LogP) is 2.02. The van der Waals surface area contributed by atoms with E-state index in [-0.39, 0.29) is 11.8 Å². The highest BCUT2D eigenvalue weighted by molar-refractivity contribution is 5.96. The number of nitriles is 1. The fraction of sp³-hybridized carbons (Fsp3) is 0.474. The number of anilines is 1. The Morgan fingerprint density at radius 3 is 2.50 bits per heavy atom. The molecule has 2 rings (SSSR count). The van der Waals surface area contributed by atoms with Gasteiger partial charge >= 0.3 is 5.97 Å². The molecule has 0 spiro atoms. The van der Waals surface area contributed by atoms with Crippen LogP contribution in [0.25, 0.3) is 0 Å². The zero-order valence-corrected chi connectivity index (χ0v) is 15.2. The molecule has 1 aromatic rings. The third-order valence-electron chi connectivity index (χ3n) is 4.61. The van der Waals surface area contributed by atoms with E-state index in [1.165, 1.54) is 0 Å². The molecule has 1 saturated heterocycles. The number of benzene rings is 1. The lowest BCUT2D eigenvalue weighted by Crippen LogP contribution is -2.50. The molecule has 1 aliphatic rings. The minimum absolute atomic E-state index is 0.0719. The Morgan fingerprint density at radius 2 is 2.00 bits per heavy atom. The van der Waals surface area contributed by atoms with E-state index < -0.39 is 24.0 Å². The van der Waals surface area contributed by atoms with Crippen molar-refractivity contribution in [3.8, 4) is 6.07 Å². The van der Waals surface area contributed by atoms with Crippen molar-refractivity contribution in [1.29, 1.82) is 5.26 Å². The van der Waals surface area contributed by atoms with Gasteiger partial charge in [-0.25, -0.2) is 4.79 Å². The normalized spacial score (nSPS) is 16.1. The topological polar surface area (TPSA) is 99.5 Å². The molecule has 7 heteroatoms. The molecule has 0 unspecified atom stereocenters. The third-order valence-corrected chi connectivity index (χ3v) is 4.61. The van der Waals surface area contributed by atoms with Crippen LogP contribution in [0.2, 0.25) is 0 Å². The van der Waals surface area contributed by atoms with Crippen LogP contribution >= 0.6 is 0 Å². The number of carbonyl (C=O) groups excluding carboxylic acids is 3. The Kier molecular flexibility index (Phi) is 5.98. The number of hydrogen-bond acceptors (Lipinski definition) is 5. The van der Waals surface area contributed by atoms with Gasteiger partial charge in [-0.1, -0.05) is 13.8 Å². The molecule has 0 aromatic heterocycles. The van der Waals surface area contributed by atoms with Crippen LogP contribution < -0.4 is 10.2 Å². The van der Waals surface area contributed by atoms with Crippen LogP contribution in [0.1, 0.15) is 44.0 Å². The second-order valence-corrected chi connectivity index (χ2v) is 6.79. The average Bonchev–Trinajstić information content (AvgIpc) is 3.05. The van der Waals surface area contributed by atoms with Crippen LogP contribution in [0.5, 0.6) is 0 Å². The minimum Gasteiger partial charge on any atom is -0.452 e. The highest BCUT2D eigenvalue weighted by atomic mass is 16.5. The van der Waals surface area contributed by atoms with Gasteiger partial charge in [0.1, 0.15) is 5.54 Å². The van der Waals surface area contributed by atoms with E-state index >= 15 is 0 Å². The molecule has 1 aromatic carbocycles. The van der Waals surface area contributed by atoms with E-state index in [9.17, 15) is 19.6 Å². The van der Waals surface area contributed by atoms with Crippen LogP contribution in [0.15, 0.2) is 24.3 Å². The standard InChI is InChI=1S/C19H23N3O4/c1-13(2)19(3,12-20)21-16(23)11-26-18(25)14-6-8-15(9-7-14)22-10-4-5-17(22)24/h6-9,13H,4-5,10-11H2,1-3H3,(H,21,23)/t19-/m0/s1. The fourth-order valence-electron chi connectivity index (χ4n) is 2.54. The Hall–Kier alpha value is -2.88. The van der Waals surface area contributed by atoms with Gasteiger partial charge in [0.05, 0.1) is 11.6 Å².